The van der Waals surface area contributed by atoms with Gasteiger partial charge in [0.1, 0.15) is 17.2 Å². The molecule has 1 aliphatic rings. The zero-order chi connectivity index (χ0) is 35.7. The molecule has 1 aliphatic heterocycles. The number of hydrogen-bond donors (Lipinski definition) is 3. The maximum atomic E-state index is 14.5. The number of aliphatic imine (C=N–C) groups is 1. The first kappa shape index (κ1) is 36.9. The van der Waals surface area contributed by atoms with Gasteiger partial charge in [-0.25, -0.2) is 18.8 Å². The monoisotopic (exact) mass is 741 g/mol. The Bertz CT molecular complexity index is 1910. The predicted molar refractivity (Wildman–Crippen MR) is 191 cm³/mol. The summed E-state index contributed by atoms with van der Waals surface area (Å²) in [6.45, 7) is 0.502. The zero-order valence-electron chi connectivity index (χ0n) is 27.4. The Balaban J connectivity index is 1.53. The number of hydrogen-bond acceptors (Lipinski definition) is 10. The Morgan fingerprint density at radius 1 is 0.940 bits per heavy atom. The molecule has 0 bridgehead atoms. The molecule has 4 aromatic carbocycles. The van der Waals surface area contributed by atoms with Crippen LogP contribution in [0.2, 0.25) is 10.0 Å². The largest absolute Gasteiger partial charge is 0.497 e. The highest BCUT2D eigenvalue weighted by molar-refractivity contribution is 7.91. The number of rotatable bonds is 16. The summed E-state index contributed by atoms with van der Waals surface area (Å²) in [7, 11) is -0.784. The lowest BCUT2D eigenvalue weighted by Crippen LogP contribution is -2.53. The van der Waals surface area contributed by atoms with E-state index in [0.29, 0.717) is 46.4 Å². The summed E-state index contributed by atoms with van der Waals surface area (Å²) in [6, 6.07) is 24.9. The lowest BCUT2D eigenvalue weighted by atomic mass is 9.85. The molecule has 11 nitrogen and oxygen atoms in total. The fourth-order valence-electron chi connectivity index (χ4n) is 5.40. The molecule has 0 saturated carbocycles. The van der Waals surface area contributed by atoms with Crippen molar-refractivity contribution < 1.29 is 37.3 Å². The molecule has 0 fully saturated rings. The first-order valence-electron chi connectivity index (χ1n) is 15.7. The van der Waals surface area contributed by atoms with Crippen LogP contribution in [0.1, 0.15) is 35.6 Å². The van der Waals surface area contributed by atoms with Gasteiger partial charge in [-0.1, -0.05) is 47.5 Å². The number of aliphatic hydroxyl groups excluding tert-OH is 1. The molecule has 5 rings (SSSR count). The highest BCUT2D eigenvalue weighted by Gasteiger charge is 2.54. The number of carbonyl (C=O) groups excluding carboxylic acids is 1. The van der Waals surface area contributed by atoms with Gasteiger partial charge in [-0.2, -0.15) is 0 Å². The van der Waals surface area contributed by atoms with Crippen LogP contribution in [0.15, 0.2) is 101 Å². The lowest BCUT2D eigenvalue weighted by molar-refractivity contribution is -0.130. The minimum absolute atomic E-state index is 0.00407. The number of methoxy groups -OCH3 is 2. The molecule has 2 atom stereocenters. The number of sulfone groups is 1. The Hall–Kier alpha value is -4.33. The number of nitrogens with one attached hydrogen (secondary N) is 2. The van der Waals surface area contributed by atoms with Crippen LogP contribution in [0, 0.1) is 0 Å². The second-order valence-corrected chi connectivity index (χ2v) is 14.3. The molecule has 0 radical (unpaired) electrons. The van der Waals surface area contributed by atoms with Crippen LogP contribution in [0.25, 0.3) is 0 Å². The summed E-state index contributed by atoms with van der Waals surface area (Å²) in [5.74, 6) is 0.719. The minimum Gasteiger partial charge on any atom is -0.497 e. The third-order valence-electron chi connectivity index (χ3n) is 8.03. The molecule has 0 unspecified atom stereocenters. The van der Waals surface area contributed by atoms with Crippen LogP contribution >= 0.6 is 23.2 Å². The number of amides is 1. The van der Waals surface area contributed by atoms with Crippen molar-refractivity contribution in [2.75, 3.05) is 33.2 Å². The van der Waals surface area contributed by atoms with Gasteiger partial charge in [0.15, 0.2) is 21.5 Å². The van der Waals surface area contributed by atoms with E-state index in [1.54, 1.807) is 72.8 Å². The van der Waals surface area contributed by atoms with E-state index in [4.69, 9.17) is 52.2 Å². The smallest absolute Gasteiger partial charge is 0.266 e. The molecule has 0 saturated heterocycles. The van der Waals surface area contributed by atoms with E-state index >= 15 is 0 Å². The summed E-state index contributed by atoms with van der Waals surface area (Å²) in [5, 5.41) is 9.66. The Kier molecular flexibility index (Phi) is 12.3. The van der Waals surface area contributed by atoms with E-state index in [9.17, 15) is 13.2 Å². The maximum absolute atomic E-state index is 14.5. The number of benzene rings is 4. The number of nitrogens with zero attached hydrogens (tertiary/aromatic N) is 1. The van der Waals surface area contributed by atoms with Crippen LogP contribution in [0.5, 0.6) is 17.2 Å². The fourth-order valence-corrected chi connectivity index (χ4v) is 7.30. The van der Waals surface area contributed by atoms with Gasteiger partial charge in [-0.3, -0.25) is 10.2 Å². The third-order valence-corrected chi connectivity index (χ3v) is 10.3. The standard InChI is InChI=1S/C36H37Cl2N3O8S/c1-46-28-19-24(20-29(22-28)47-2)23-39-41-35(43)36(15-18-50(44,45)30-7-4-3-5-8-30)33(31-14-11-26(37)21-32(31)38)49-34(40-36)25-9-12-27(13-10-25)48-17-6-16-42/h3-5,7-14,19-22,33,39,42H,6,15-18,23H2,1-2H3,(H,41,43)/t33-,36-/m0/s1. The van der Waals surface area contributed by atoms with Crippen LogP contribution in [-0.2, 0) is 25.9 Å². The van der Waals surface area contributed by atoms with Crippen LogP contribution in [0.3, 0.4) is 0 Å². The summed E-state index contributed by atoms with van der Waals surface area (Å²) < 4.78 is 50.0. The lowest BCUT2D eigenvalue weighted by Gasteiger charge is -2.31. The minimum atomic E-state index is -3.86. The van der Waals surface area contributed by atoms with Gasteiger partial charge in [0.05, 0.1) is 31.5 Å². The van der Waals surface area contributed by atoms with Crippen LogP contribution in [0.4, 0.5) is 0 Å². The summed E-state index contributed by atoms with van der Waals surface area (Å²) in [6.07, 6.45) is -0.933. The van der Waals surface area contributed by atoms with Gasteiger partial charge in [-0.05, 0) is 66.2 Å². The quantitative estimate of drug-likeness (QED) is 0.0971. The van der Waals surface area contributed by atoms with Gasteiger partial charge in [0.2, 0.25) is 5.90 Å². The van der Waals surface area contributed by atoms with Crippen molar-refractivity contribution in [3.63, 3.8) is 0 Å². The highest BCUT2D eigenvalue weighted by Crippen LogP contribution is 2.45. The van der Waals surface area contributed by atoms with E-state index in [2.05, 4.69) is 10.9 Å². The van der Waals surface area contributed by atoms with Crippen molar-refractivity contribution in [2.24, 2.45) is 4.99 Å². The van der Waals surface area contributed by atoms with Gasteiger partial charge in [-0.15, -0.1) is 0 Å². The molecule has 3 N–H and O–H groups in total. The van der Waals surface area contributed by atoms with Crippen molar-refractivity contribution >= 4 is 44.8 Å². The molecule has 0 aromatic heterocycles. The molecule has 50 heavy (non-hydrogen) atoms. The topological polar surface area (TPSA) is 145 Å². The van der Waals surface area contributed by atoms with Gasteiger partial charge >= 0.3 is 0 Å². The molecule has 0 aliphatic carbocycles. The van der Waals surface area contributed by atoms with E-state index in [1.807, 2.05) is 0 Å². The zero-order valence-corrected chi connectivity index (χ0v) is 29.7. The van der Waals surface area contributed by atoms with Gasteiger partial charge < -0.3 is 24.1 Å². The Morgan fingerprint density at radius 3 is 2.28 bits per heavy atom. The molecule has 264 valence electrons. The first-order valence-corrected chi connectivity index (χ1v) is 18.1. The second kappa shape index (κ2) is 16.6. The summed E-state index contributed by atoms with van der Waals surface area (Å²) in [5.41, 5.74) is 5.53. The van der Waals surface area contributed by atoms with Crippen molar-refractivity contribution in [1.82, 2.24) is 10.9 Å². The SMILES string of the molecule is COc1cc(CNNC(=O)[C@@]2(CCS(=O)(=O)c3ccccc3)N=C(c3ccc(OCCCO)cc3)O[C@H]2c2ccc(Cl)cc2Cl)cc(OC)c1. The molecule has 14 heteroatoms. The van der Waals surface area contributed by atoms with E-state index in [0.717, 1.165) is 5.56 Å². The van der Waals surface area contributed by atoms with Gasteiger partial charge in [0.25, 0.3) is 5.91 Å². The Morgan fingerprint density at radius 2 is 1.64 bits per heavy atom. The normalized spacial score (nSPS) is 17.1. The summed E-state index contributed by atoms with van der Waals surface area (Å²) >= 11 is 12.9. The average Bonchev–Trinajstić information content (AvgIpc) is 3.52. The third kappa shape index (κ3) is 8.69. The highest BCUT2D eigenvalue weighted by atomic mass is 35.5. The van der Waals surface area contributed by atoms with Crippen molar-refractivity contribution in [1.29, 1.82) is 0 Å². The van der Waals surface area contributed by atoms with E-state index in [1.165, 1.54) is 32.4 Å². The van der Waals surface area contributed by atoms with E-state index in [-0.39, 0.29) is 35.4 Å². The maximum Gasteiger partial charge on any atom is 0.266 e. The number of hydrazine groups is 1. The average molecular weight is 743 g/mol. The van der Waals surface area contributed by atoms with Gasteiger partial charge in [0, 0.05) is 53.2 Å². The molecule has 1 amide bonds. The van der Waals surface area contributed by atoms with E-state index < -0.39 is 33.1 Å². The molecular weight excluding hydrogens is 705 g/mol. The summed E-state index contributed by atoms with van der Waals surface area (Å²) in [4.78, 5) is 19.5. The second-order valence-electron chi connectivity index (χ2n) is 11.4. The van der Waals surface area contributed by atoms with Crippen LogP contribution in [-0.4, -0.2) is 64.1 Å². The van der Waals surface area contributed by atoms with Crippen LogP contribution < -0.4 is 25.1 Å². The molecule has 4 aromatic rings. The molecular formula is C36H37Cl2N3O8S. The molecule has 1 heterocycles. The molecule has 0 spiro atoms. The van der Waals surface area contributed by atoms with Crippen molar-refractivity contribution in [3.05, 3.63) is 118 Å². The first-order chi connectivity index (χ1) is 24.1. The number of carbonyl (C=O) groups is 1. The Labute approximate surface area is 301 Å². The predicted octanol–water partition coefficient (Wildman–Crippen LogP) is 5.71. The van der Waals surface area contributed by atoms with Crippen molar-refractivity contribution in [3.8, 4) is 17.2 Å². The number of aliphatic hydroxyl groups is 1. The fraction of sp³-hybridized carbons (Fsp3) is 0.278. The number of ether oxygens (including phenoxy) is 4. The van der Waals surface area contributed by atoms with Crippen molar-refractivity contribution in [2.45, 2.75) is 35.9 Å². The number of halogens is 2.